The van der Waals surface area contributed by atoms with Crippen molar-refractivity contribution >= 4 is 17.4 Å². The third kappa shape index (κ3) is 3.23. The summed E-state index contributed by atoms with van der Waals surface area (Å²) in [5.41, 5.74) is 1.90. The second-order valence-electron chi connectivity index (χ2n) is 4.62. The fourth-order valence-electron chi connectivity index (χ4n) is 2.50. The molecule has 19 heavy (non-hydrogen) atoms. The quantitative estimate of drug-likeness (QED) is 0.791. The lowest BCUT2D eigenvalue weighted by molar-refractivity contribution is 0.0819. The van der Waals surface area contributed by atoms with Crippen LogP contribution in [0.1, 0.15) is 25.3 Å². The van der Waals surface area contributed by atoms with Gasteiger partial charge in [0.25, 0.3) is 0 Å². The van der Waals surface area contributed by atoms with Gasteiger partial charge < -0.3 is 9.64 Å². The maximum absolute atomic E-state index is 9.44. The maximum Gasteiger partial charge on any atom is 0.103 e. The number of thioether (sulfide) groups is 1. The summed E-state index contributed by atoms with van der Waals surface area (Å²) in [5, 5.41) is 9.44. The van der Waals surface area contributed by atoms with Crippen molar-refractivity contribution < 1.29 is 4.74 Å². The molecule has 0 saturated carbocycles. The molecule has 0 aromatic heterocycles. The second-order valence-corrected chi connectivity index (χ2v) is 5.92. The number of methoxy groups -OCH3 is 1. The van der Waals surface area contributed by atoms with E-state index in [9.17, 15) is 5.26 Å². The molecule has 102 valence electrons. The number of hydrogen-bond acceptors (Lipinski definition) is 4. The van der Waals surface area contributed by atoms with Gasteiger partial charge in [0.05, 0.1) is 17.4 Å². The summed E-state index contributed by atoms with van der Waals surface area (Å²) in [6.45, 7) is 4.05. The Balaban J connectivity index is 2.21. The minimum Gasteiger partial charge on any atom is -0.381 e. The number of piperidine rings is 1. The molecule has 1 saturated heterocycles. The molecule has 0 radical (unpaired) electrons. The van der Waals surface area contributed by atoms with Crippen molar-refractivity contribution in [3.8, 4) is 6.07 Å². The maximum atomic E-state index is 9.44. The molecule has 0 spiro atoms. The van der Waals surface area contributed by atoms with Gasteiger partial charge >= 0.3 is 0 Å². The number of rotatable bonds is 4. The van der Waals surface area contributed by atoms with Crippen LogP contribution in [0.5, 0.6) is 0 Å². The van der Waals surface area contributed by atoms with Gasteiger partial charge in [0, 0.05) is 25.1 Å². The van der Waals surface area contributed by atoms with Gasteiger partial charge in [0.1, 0.15) is 6.07 Å². The molecule has 4 heteroatoms. The van der Waals surface area contributed by atoms with Crippen LogP contribution in [-0.4, -0.2) is 32.1 Å². The molecule has 1 heterocycles. The summed E-state index contributed by atoms with van der Waals surface area (Å²) in [4.78, 5) is 3.41. The van der Waals surface area contributed by atoms with Gasteiger partial charge in [-0.25, -0.2) is 0 Å². The number of nitriles is 1. The number of benzene rings is 1. The van der Waals surface area contributed by atoms with Crippen LogP contribution in [0.15, 0.2) is 23.1 Å². The van der Waals surface area contributed by atoms with Gasteiger partial charge in [-0.3, -0.25) is 0 Å². The van der Waals surface area contributed by atoms with E-state index in [4.69, 9.17) is 4.74 Å². The van der Waals surface area contributed by atoms with Crippen LogP contribution >= 0.6 is 11.8 Å². The minimum atomic E-state index is 0.370. The Kier molecular flexibility index (Phi) is 5.12. The lowest BCUT2D eigenvalue weighted by Crippen LogP contribution is -2.37. The predicted molar refractivity (Wildman–Crippen MR) is 79.8 cm³/mol. The SMILES string of the molecule is CCSc1cccc(N2CCC(OC)CC2)c1C#N. The zero-order valence-electron chi connectivity index (χ0n) is 11.6. The van der Waals surface area contributed by atoms with Crippen LogP contribution in [-0.2, 0) is 4.74 Å². The number of nitrogens with zero attached hydrogens (tertiary/aromatic N) is 2. The summed E-state index contributed by atoms with van der Waals surface area (Å²) >= 11 is 1.74. The van der Waals surface area contributed by atoms with Crippen molar-refractivity contribution in [3.63, 3.8) is 0 Å². The van der Waals surface area contributed by atoms with Gasteiger partial charge in [-0.2, -0.15) is 5.26 Å². The Hall–Kier alpha value is -1.18. The largest absolute Gasteiger partial charge is 0.381 e. The molecule has 0 amide bonds. The van der Waals surface area contributed by atoms with Crippen molar-refractivity contribution in [2.45, 2.75) is 30.8 Å². The fourth-order valence-corrected chi connectivity index (χ4v) is 3.28. The molecular weight excluding hydrogens is 256 g/mol. The predicted octanol–water partition coefficient (Wildman–Crippen LogP) is 3.29. The van der Waals surface area contributed by atoms with Crippen LogP contribution in [0.25, 0.3) is 0 Å². The van der Waals surface area contributed by atoms with E-state index in [-0.39, 0.29) is 0 Å². The summed E-state index contributed by atoms with van der Waals surface area (Å²) in [5.74, 6) is 0.990. The highest BCUT2D eigenvalue weighted by Gasteiger charge is 2.21. The zero-order chi connectivity index (χ0) is 13.7. The Bertz CT molecular complexity index is 462. The van der Waals surface area contributed by atoms with Crippen LogP contribution in [0.4, 0.5) is 5.69 Å². The van der Waals surface area contributed by atoms with Crippen molar-refractivity contribution in [3.05, 3.63) is 23.8 Å². The minimum absolute atomic E-state index is 0.370. The van der Waals surface area contributed by atoms with Crippen LogP contribution in [0.3, 0.4) is 0 Å². The first-order chi connectivity index (χ1) is 9.30. The van der Waals surface area contributed by atoms with E-state index in [2.05, 4.69) is 30.0 Å². The Morgan fingerprint density at radius 3 is 2.74 bits per heavy atom. The summed E-state index contributed by atoms with van der Waals surface area (Å²) < 4.78 is 5.40. The molecule has 1 aliphatic rings. The molecule has 3 nitrogen and oxygen atoms in total. The number of anilines is 1. The van der Waals surface area contributed by atoms with E-state index in [1.807, 2.05) is 6.07 Å². The summed E-state index contributed by atoms with van der Waals surface area (Å²) in [6.07, 6.45) is 2.44. The normalized spacial score (nSPS) is 16.4. The van der Waals surface area contributed by atoms with E-state index in [1.165, 1.54) is 0 Å². The Labute approximate surface area is 119 Å². The van der Waals surface area contributed by atoms with Crippen LogP contribution in [0, 0.1) is 11.3 Å². The molecule has 1 fully saturated rings. The Morgan fingerprint density at radius 1 is 1.42 bits per heavy atom. The first-order valence-electron chi connectivity index (χ1n) is 6.73. The topological polar surface area (TPSA) is 36.3 Å². The van der Waals surface area contributed by atoms with Crippen molar-refractivity contribution in [2.24, 2.45) is 0 Å². The lowest BCUT2D eigenvalue weighted by Gasteiger charge is -2.33. The third-order valence-corrected chi connectivity index (χ3v) is 4.47. The summed E-state index contributed by atoms with van der Waals surface area (Å²) in [6, 6.07) is 8.53. The van der Waals surface area contributed by atoms with Crippen molar-refractivity contribution in [1.82, 2.24) is 0 Å². The molecular formula is C15H20N2OS. The van der Waals surface area contributed by atoms with E-state index in [1.54, 1.807) is 18.9 Å². The molecule has 0 N–H and O–H groups in total. The van der Waals surface area contributed by atoms with E-state index >= 15 is 0 Å². The first-order valence-corrected chi connectivity index (χ1v) is 7.72. The fraction of sp³-hybridized carbons (Fsp3) is 0.533. The molecule has 0 aliphatic carbocycles. The molecule has 1 aromatic carbocycles. The highest BCUT2D eigenvalue weighted by atomic mass is 32.2. The molecule has 2 rings (SSSR count). The number of hydrogen-bond donors (Lipinski definition) is 0. The standard InChI is InChI=1S/C15H20N2OS/c1-3-19-15-6-4-5-14(13(15)11-16)17-9-7-12(18-2)8-10-17/h4-6,12H,3,7-10H2,1-2H3. The van der Waals surface area contributed by atoms with Gasteiger partial charge in [-0.1, -0.05) is 13.0 Å². The molecule has 0 bridgehead atoms. The highest BCUT2D eigenvalue weighted by Crippen LogP contribution is 2.31. The Morgan fingerprint density at radius 2 is 2.16 bits per heavy atom. The zero-order valence-corrected chi connectivity index (χ0v) is 12.4. The molecule has 1 aliphatic heterocycles. The number of ether oxygens (including phenoxy) is 1. The summed E-state index contributed by atoms with van der Waals surface area (Å²) in [7, 11) is 1.78. The average molecular weight is 276 g/mol. The molecule has 1 aromatic rings. The van der Waals surface area contributed by atoms with Crippen LogP contribution < -0.4 is 4.90 Å². The van der Waals surface area contributed by atoms with Crippen molar-refractivity contribution in [2.75, 3.05) is 30.9 Å². The third-order valence-electron chi connectivity index (χ3n) is 3.53. The van der Waals surface area contributed by atoms with E-state index < -0.39 is 0 Å². The van der Waals surface area contributed by atoms with Gasteiger partial charge in [0.15, 0.2) is 0 Å². The second kappa shape index (κ2) is 6.83. The van der Waals surface area contributed by atoms with E-state index in [0.717, 1.165) is 47.8 Å². The van der Waals surface area contributed by atoms with Gasteiger partial charge in [0.2, 0.25) is 0 Å². The first kappa shape index (κ1) is 14.2. The monoisotopic (exact) mass is 276 g/mol. The van der Waals surface area contributed by atoms with Gasteiger partial charge in [-0.05, 0) is 30.7 Å². The molecule has 0 atom stereocenters. The van der Waals surface area contributed by atoms with E-state index in [0.29, 0.717) is 6.10 Å². The highest BCUT2D eigenvalue weighted by molar-refractivity contribution is 7.99. The lowest BCUT2D eigenvalue weighted by atomic mass is 10.1. The average Bonchev–Trinajstić information content (AvgIpc) is 2.47. The van der Waals surface area contributed by atoms with Gasteiger partial charge in [-0.15, -0.1) is 11.8 Å². The van der Waals surface area contributed by atoms with Crippen molar-refractivity contribution in [1.29, 1.82) is 5.26 Å². The smallest absolute Gasteiger partial charge is 0.103 e. The molecule has 0 unspecified atom stereocenters. The van der Waals surface area contributed by atoms with Crippen LogP contribution in [0.2, 0.25) is 0 Å².